The van der Waals surface area contributed by atoms with Crippen molar-refractivity contribution < 1.29 is 37.4 Å². The van der Waals surface area contributed by atoms with Crippen molar-refractivity contribution in [2.45, 2.75) is 83.8 Å². The zero-order valence-corrected chi connectivity index (χ0v) is 21.5. The normalized spacial score (nSPS) is 48.5. The summed E-state index contributed by atoms with van der Waals surface area (Å²) in [7, 11) is 0. The van der Waals surface area contributed by atoms with Crippen LogP contribution in [0.2, 0.25) is 0 Å². The number of halogens is 3. The highest BCUT2D eigenvalue weighted by Crippen LogP contribution is 2.77. The number of aliphatic hydroxyl groups is 1. The Labute approximate surface area is 207 Å². The quantitative estimate of drug-likeness (QED) is 0.542. The van der Waals surface area contributed by atoms with Gasteiger partial charge in [-0.15, -0.1) is 0 Å². The Kier molecular flexibility index (Phi) is 6.20. The van der Waals surface area contributed by atoms with Gasteiger partial charge in [-0.25, -0.2) is 13.2 Å². The summed E-state index contributed by atoms with van der Waals surface area (Å²) in [6, 6.07) is -1.03. The standard InChI is InChI=1S/C26H33F3O5S/c1-6-20(32)34-26(21(33)35-13-27)14(2)11-23(4)18-10-17(28)16-9-15(30)7-8-22(16,3)25(18,29)19(31)12-24(23,26)5/h7-9,14,17-19,31H,6,10-13H2,1-5H3. The number of allylic oxidation sites excluding steroid dienone is 4. The van der Waals surface area contributed by atoms with E-state index < -0.39 is 74.5 Å². The van der Waals surface area contributed by atoms with Crippen LogP contribution in [-0.4, -0.2) is 51.5 Å². The SMILES string of the molecule is CCC(=O)OC1(C(=O)SCF)C(C)CC2(C)C3CC(F)C4=CC(=O)C=CC4(C)C3(F)C(O)CC21C. The first-order valence-electron chi connectivity index (χ1n) is 12.1. The molecule has 0 radical (unpaired) electrons. The summed E-state index contributed by atoms with van der Waals surface area (Å²) in [4.78, 5) is 38.1. The number of aliphatic hydroxyl groups excluding tert-OH is 1. The van der Waals surface area contributed by atoms with Crippen LogP contribution < -0.4 is 0 Å². The second-order valence-corrected chi connectivity index (χ2v) is 12.1. The highest BCUT2D eigenvalue weighted by molar-refractivity contribution is 8.13. The fourth-order valence-electron chi connectivity index (χ4n) is 8.14. The van der Waals surface area contributed by atoms with E-state index in [2.05, 4.69) is 0 Å². The van der Waals surface area contributed by atoms with Crippen molar-refractivity contribution in [1.82, 2.24) is 0 Å². The molecule has 4 rings (SSSR count). The second kappa shape index (κ2) is 8.20. The highest BCUT2D eigenvalue weighted by Gasteiger charge is 2.82. The first-order valence-corrected chi connectivity index (χ1v) is 13.1. The summed E-state index contributed by atoms with van der Waals surface area (Å²) in [5, 5.41) is 10.8. The summed E-state index contributed by atoms with van der Waals surface area (Å²) in [5.41, 5.74) is -8.10. The molecule has 3 saturated carbocycles. The summed E-state index contributed by atoms with van der Waals surface area (Å²) in [6.45, 7) is 8.24. The average Bonchev–Trinajstić information content (AvgIpc) is 2.95. The van der Waals surface area contributed by atoms with E-state index in [9.17, 15) is 23.9 Å². The van der Waals surface area contributed by atoms with Gasteiger partial charge in [-0.3, -0.25) is 14.4 Å². The van der Waals surface area contributed by atoms with E-state index in [0.29, 0.717) is 11.8 Å². The maximum absolute atomic E-state index is 17.5. The van der Waals surface area contributed by atoms with Crippen molar-refractivity contribution in [3.63, 3.8) is 0 Å². The molecule has 0 spiro atoms. The highest BCUT2D eigenvalue weighted by atomic mass is 32.2. The molecule has 9 unspecified atom stereocenters. The molecule has 1 N–H and O–H groups in total. The van der Waals surface area contributed by atoms with Crippen LogP contribution in [0.5, 0.6) is 0 Å². The van der Waals surface area contributed by atoms with Crippen LogP contribution in [-0.2, 0) is 19.1 Å². The third-order valence-electron chi connectivity index (χ3n) is 9.97. The molecule has 4 aliphatic rings. The Morgan fingerprint density at radius 1 is 1.26 bits per heavy atom. The number of carbonyl (C=O) groups is 3. The minimum atomic E-state index is -2.34. The Morgan fingerprint density at radius 3 is 2.51 bits per heavy atom. The molecule has 0 amide bonds. The number of carbonyl (C=O) groups excluding carboxylic acids is 3. The molecule has 4 aliphatic carbocycles. The molecule has 9 heteroatoms. The molecule has 0 heterocycles. The van der Waals surface area contributed by atoms with Crippen molar-refractivity contribution in [3.8, 4) is 0 Å². The van der Waals surface area contributed by atoms with E-state index in [1.54, 1.807) is 27.7 Å². The minimum absolute atomic E-state index is 0.00813. The average molecular weight is 515 g/mol. The van der Waals surface area contributed by atoms with Crippen LogP contribution in [0.3, 0.4) is 0 Å². The number of thioether (sulfide) groups is 1. The molecule has 9 atom stereocenters. The summed E-state index contributed by atoms with van der Waals surface area (Å²) in [5.74, 6) is -2.77. The van der Waals surface area contributed by atoms with Gasteiger partial charge in [-0.2, -0.15) is 0 Å². The van der Waals surface area contributed by atoms with E-state index in [-0.39, 0.29) is 31.3 Å². The van der Waals surface area contributed by atoms with Crippen LogP contribution >= 0.6 is 11.8 Å². The maximum Gasteiger partial charge on any atom is 0.306 e. The van der Waals surface area contributed by atoms with Crippen LogP contribution in [0.15, 0.2) is 23.8 Å². The van der Waals surface area contributed by atoms with Crippen LogP contribution in [0.25, 0.3) is 0 Å². The Bertz CT molecular complexity index is 1030. The fourth-order valence-corrected chi connectivity index (χ4v) is 8.92. The number of esters is 1. The lowest BCUT2D eigenvalue weighted by molar-refractivity contribution is -0.254. The Balaban J connectivity index is 1.93. The van der Waals surface area contributed by atoms with E-state index in [4.69, 9.17) is 4.74 Å². The van der Waals surface area contributed by atoms with Gasteiger partial charge in [0.1, 0.15) is 12.2 Å². The van der Waals surface area contributed by atoms with E-state index >= 15 is 8.78 Å². The first-order chi connectivity index (χ1) is 16.2. The van der Waals surface area contributed by atoms with E-state index in [1.807, 2.05) is 0 Å². The molecule has 3 fully saturated rings. The van der Waals surface area contributed by atoms with Gasteiger partial charge in [0.2, 0.25) is 5.12 Å². The second-order valence-electron chi connectivity index (χ2n) is 11.2. The van der Waals surface area contributed by atoms with Crippen LogP contribution in [0, 0.1) is 28.1 Å². The molecule has 0 aliphatic heterocycles. The summed E-state index contributed by atoms with van der Waals surface area (Å²) >= 11 is 0.394. The van der Waals surface area contributed by atoms with Gasteiger partial charge in [-0.05, 0) is 61.1 Å². The van der Waals surface area contributed by atoms with Gasteiger partial charge in [-0.1, -0.05) is 33.8 Å². The summed E-state index contributed by atoms with van der Waals surface area (Å²) < 4.78 is 52.4. The van der Waals surface area contributed by atoms with Gasteiger partial charge in [0, 0.05) is 29.1 Å². The molecular formula is C26H33F3O5S. The number of alkyl halides is 3. The van der Waals surface area contributed by atoms with Crippen LogP contribution in [0.4, 0.5) is 13.2 Å². The van der Waals surface area contributed by atoms with Gasteiger partial charge in [0.15, 0.2) is 17.1 Å². The minimum Gasteiger partial charge on any atom is -0.449 e. The smallest absolute Gasteiger partial charge is 0.306 e. The fraction of sp³-hybridized carbons (Fsp3) is 0.731. The van der Waals surface area contributed by atoms with Crippen molar-refractivity contribution in [2.75, 3.05) is 6.01 Å². The van der Waals surface area contributed by atoms with Crippen molar-refractivity contribution in [1.29, 1.82) is 0 Å². The predicted molar refractivity (Wildman–Crippen MR) is 125 cm³/mol. The molecular weight excluding hydrogens is 481 g/mol. The molecule has 0 saturated heterocycles. The van der Waals surface area contributed by atoms with E-state index in [0.717, 1.165) is 6.08 Å². The predicted octanol–water partition coefficient (Wildman–Crippen LogP) is 4.82. The Morgan fingerprint density at radius 2 is 1.91 bits per heavy atom. The Hall–Kier alpha value is -1.61. The van der Waals surface area contributed by atoms with Gasteiger partial charge >= 0.3 is 5.97 Å². The van der Waals surface area contributed by atoms with E-state index in [1.165, 1.54) is 19.1 Å². The number of rotatable bonds is 4. The van der Waals surface area contributed by atoms with Crippen molar-refractivity contribution in [3.05, 3.63) is 23.8 Å². The van der Waals surface area contributed by atoms with Crippen molar-refractivity contribution in [2.24, 2.45) is 28.1 Å². The van der Waals surface area contributed by atoms with Crippen LogP contribution in [0.1, 0.15) is 60.3 Å². The number of ether oxygens (including phenoxy) is 1. The lowest BCUT2D eigenvalue weighted by Crippen LogP contribution is -2.73. The monoisotopic (exact) mass is 514 g/mol. The zero-order chi connectivity index (χ0) is 26.2. The maximum atomic E-state index is 17.5. The zero-order valence-electron chi connectivity index (χ0n) is 20.7. The van der Waals surface area contributed by atoms with Gasteiger partial charge < -0.3 is 9.84 Å². The third kappa shape index (κ3) is 3.03. The number of hydrogen-bond donors (Lipinski definition) is 1. The van der Waals surface area contributed by atoms with Crippen molar-refractivity contribution >= 4 is 28.6 Å². The first kappa shape index (κ1) is 26.5. The molecule has 5 nitrogen and oxygen atoms in total. The van der Waals surface area contributed by atoms with Gasteiger partial charge in [0.05, 0.1) is 6.10 Å². The number of ketones is 1. The van der Waals surface area contributed by atoms with Gasteiger partial charge in [0.25, 0.3) is 0 Å². The molecule has 0 aromatic carbocycles. The molecule has 0 aromatic heterocycles. The lowest BCUT2D eigenvalue weighted by atomic mass is 9.40. The largest absolute Gasteiger partial charge is 0.449 e. The topological polar surface area (TPSA) is 80.7 Å². The molecule has 194 valence electrons. The lowest BCUT2D eigenvalue weighted by Gasteiger charge is -2.66. The molecule has 0 aromatic rings. The molecule has 0 bridgehead atoms. The molecule has 35 heavy (non-hydrogen) atoms. The number of hydrogen-bond acceptors (Lipinski definition) is 6. The third-order valence-corrected chi connectivity index (χ3v) is 10.6. The number of fused-ring (bicyclic) bond motifs is 5. The summed E-state index contributed by atoms with van der Waals surface area (Å²) in [6.07, 6.45) is 0.0380.